The predicted molar refractivity (Wildman–Crippen MR) is 159 cm³/mol. The van der Waals surface area contributed by atoms with Crippen LogP contribution in [0.25, 0.3) is 27.6 Å². The number of amides is 1. The minimum atomic E-state index is -0.589. The second kappa shape index (κ2) is 11.8. The number of aromatic nitrogens is 2. The molecule has 0 aliphatic rings. The van der Waals surface area contributed by atoms with Gasteiger partial charge in [0.25, 0.3) is 5.56 Å². The molecule has 0 saturated carbocycles. The fraction of sp³-hybridized carbons (Fsp3) is 0.226. The van der Waals surface area contributed by atoms with Gasteiger partial charge < -0.3 is 9.15 Å². The number of carbonyl (C=O) groups excluding carboxylic acids is 1. The molecule has 9 heteroatoms. The number of thioether (sulfide) groups is 1. The molecule has 3 aromatic carbocycles. The minimum absolute atomic E-state index is 0.156. The smallest absolute Gasteiger partial charge is 0.411 e. The molecule has 1 N–H and O–H groups in total. The van der Waals surface area contributed by atoms with Crippen LogP contribution in [0, 0.1) is 0 Å². The van der Waals surface area contributed by atoms with Crippen LogP contribution >= 0.6 is 11.8 Å². The summed E-state index contributed by atoms with van der Waals surface area (Å²) in [5.41, 5.74) is 3.38. The molecule has 204 valence electrons. The van der Waals surface area contributed by atoms with E-state index in [2.05, 4.69) is 31.3 Å². The Labute approximate surface area is 235 Å². The molecular weight excluding hydrogens is 526 g/mol. The Balaban J connectivity index is 1.53. The number of nitrogens with zero attached hydrogens (tertiary/aromatic N) is 2. The molecule has 0 aliphatic heterocycles. The van der Waals surface area contributed by atoms with E-state index in [-0.39, 0.29) is 12.2 Å². The first-order chi connectivity index (χ1) is 19.4. The van der Waals surface area contributed by atoms with E-state index in [4.69, 9.17) is 14.1 Å². The fourth-order valence-corrected chi connectivity index (χ4v) is 5.48. The normalized spacial score (nSPS) is 12.0. The molecule has 40 heavy (non-hydrogen) atoms. The minimum Gasteiger partial charge on any atom is -0.450 e. The maximum Gasteiger partial charge on any atom is 0.411 e. The topological polar surface area (TPSA) is 103 Å². The van der Waals surface area contributed by atoms with Crippen molar-refractivity contribution in [1.29, 1.82) is 0 Å². The van der Waals surface area contributed by atoms with E-state index < -0.39 is 11.7 Å². The Morgan fingerprint density at radius 1 is 1.02 bits per heavy atom. The zero-order chi connectivity index (χ0) is 28.2. The standard InChI is InChI=1S/C31H29N3O5S/c1-4-19(3)20-10-13-23(14-11-20)34-29(36)25-8-6-7-9-26(25)33-30(34)40-18-21-16-28(35)39-27-17-22(12-15-24(21)27)32-31(37)38-5-2/h6-17,19H,4-5,18H2,1-3H3,(H,32,37). The van der Waals surface area contributed by atoms with Crippen LogP contribution < -0.4 is 16.5 Å². The van der Waals surface area contributed by atoms with Gasteiger partial charge in [-0.15, -0.1) is 0 Å². The highest BCUT2D eigenvalue weighted by molar-refractivity contribution is 7.98. The maximum absolute atomic E-state index is 13.7. The van der Waals surface area contributed by atoms with Crippen molar-refractivity contribution >= 4 is 45.4 Å². The van der Waals surface area contributed by atoms with E-state index in [9.17, 15) is 14.4 Å². The SMILES string of the molecule is CCOC(=O)Nc1ccc2c(CSc3nc4ccccc4c(=O)n3-c3ccc(C(C)CC)cc3)cc(=O)oc2c1. The van der Waals surface area contributed by atoms with E-state index >= 15 is 0 Å². The molecule has 1 amide bonds. The Kier molecular flexibility index (Phi) is 8.02. The summed E-state index contributed by atoms with van der Waals surface area (Å²) in [6, 6.07) is 21.8. The number of para-hydroxylation sites is 1. The van der Waals surface area contributed by atoms with Crippen molar-refractivity contribution in [2.24, 2.45) is 0 Å². The van der Waals surface area contributed by atoms with Gasteiger partial charge in [-0.2, -0.15) is 0 Å². The molecule has 5 aromatic rings. The summed E-state index contributed by atoms with van der Waals surface area (Å²) in [4.78, 5) is 42.7. The molecule has 0 aliphatic carbocycles. The first-order valence-electron chi connectivity index (χ1n) is 13.1. The number of benzene rings is 3. The number of ether oxygens (including phenoxy) is 1. The lowest BCUT2D eigenvalue weighted by atomic mass is 9.98. The molecule has 0 saturated heterocycles. The summed E-state index contributed by atoms with van der Waals surface area (Å²) in [6.07, 6.45) is 0.436. The van der Waals surface area contributed by atoms with Crippen LogP contribution in [0.4, 0.5) is 10.5 Å². The van der Waals surface area contributed by atoms with Crippen LogP contribution in [-0.2, 0) is 10.5 Å². The van der Waals surface area contributed by atoms with Crippen LogP contribution in [0.3, 0.4) is 0 Å². The fourth-order valence-electron chi connectivity index (χ4n) is 4.48. The number of fused-ring (bicyclic) bond motifs is 2. The molecule has 0 radical (unpaired) electrons. The van der Waals surface area contributed by atoms with E-state index in [0.717, 1.165) is 17.7 Å². The van der Waals surface area contributed by atoms with Crippen molar-refractivity contribution in [3.05, 3.63) is 105 Å². The second-order valence-corrected chi connectivity index (χ2v) is 10.3. The van der Waals surface area contributed by atoms with Crippen molar-refractivity contribution < 1.29 is 13.9 Å². The Morgan fingerprint density at radius 3 is 2.55 bits per heavy atom. The number of nitrogens with one attached hydrogen (secondary N) is 1. The largest absolute Gasteiger partial charge is 0.450 e. The highest BCUT2D eigenvalue weighted by Gasteiger charge is 2.16. The van der Waals surface area contributed by atoms with Gasteiger partial charge in [-0.05, 0) is 66.8 Å². The molecule has 1 atom stereocenters. The van der Waals surface area contributed by atoms with Gasteiger partial charge in [-0.1, -0.05) is 49.9 Å². The Bertz CT molecular complexity index is 1810. The predicted octanol–water partition coefficient (Wildman–Crippen LogP) is 6.87. The van der Waals surface area contributed by atoms with Crippen LogP contribution in [0.15, 0.2) is 92.0 Å². The molecule has 0 fully saturated rings. The highest BCUT2D eigenvalue weighted by atomic mass is 32.2. The molecule has 2 heterocycles. The van der Waals surface area contributed by atoms with E-state index in [1.807, 2.05) is 30.3 Å². The summed E-state index contributed by atoms with van der Waals surface area (Å²) in [5.74, 6) is 0.781. The third-order valence-corrected chi connectivity index (χ3v) is 7.77. The lowest BCUT2D eigenvalue weighted by Gasteiger charge is -2.15. The average molecular weight is 556 g/mol. The van der Waals surface area contributed by atoms with Crippen LogP contribution in [0.1, 0.15) is 44.2 Å². The van der Waals surface area contributed by atoms with Gasteiger partial charge in [0.15, 0.2) is 5.16 Å². The Morgan fingerprint density at radius 2 is 1.80 bits per heavy atom. The molecule has 0 bridgehead atoms. The molecule has 1 unspecified atom stereocenters. The van der Waals surface area contributed by atoms with E-state index in [1.54, 1.807) is 35.8 Å². The number of hydrogen-bond acceptors (Lipinski definition) is 7. The van der Waals surface area contributed by atoms with E-state index in [0.29, 0.717) is 44.4 Å². The number of rotatable bonds is 8. The first-order valence-corrected chi connectivity index (χ1v) is 14.1. The number of hydrogen-bond donors (Lipinski definition) is 1. The molecule has 0 spiro atoms. The van der Waals surface area contributed by atoms with Gasteiger partial charge in [0.1, 0.15) is 5.58 Å². The molecule has 8 nitrogen and oxygen atoms in total. The van der Waals surface area contributed by atoms with Gasteiger partial charge in [0.2, 0.25) is 0 Å². The lowest BCUT2D eigenvalue weighted by molar-refractivity contribution is 0.168. The van der Waals surface area contributed by atoms with Crippen molar-refractivity contribution in [3.63, 3.8) is 0 Å². The average Bonchev–Trinajstić information content (AvgIpc) is 2.95. The summed E-state index contributed by atoms with van der Waals surface area (Å²) in [5, 5.41) is 4.38. The summed E-state index contributed by atoms with van der Waals surface area (Å²) in [7, 11) is 0. The van der Waals surface area contributed by atoms with Gasteiger partial charge in [-0.25, -0.2) is 14.6 Å². The van der Waals surface area contributed by atoms with Crippen molar-refractivity contribution in [1.82, 2.24) is 9.55 Å². The number of carbonyl (C=O) groups is 1. The monoisotopic (exact) mass is 555 g/mol. The Hall–Kier alpha value is -4.37. The van der Waals surface area contributed by atoms with Crippen molar-refractivity contribution in [2.45, 2.75) is 44.0 Å². The van der Waals surface area contributed by atoms with Crippen molar-refractivity contribution in [3.8, 4) is 5.69 Å². The second-order valence-electron chi connectivity index (χ2n) is 9.39. The van der Waals surface area contributed by atoms with Crippen LogP contribution in [0.5, 0.6) is 0 Å². The third kappa shape index (κ3) is 5.65. The molecule has 5 rings (SSSR count). The zero-order valence-corrected chi connectivity index (χ0v) is 23.3. The summed E-state index contributed by atoms with van der Waals surface area (Å²) < 4.78 is 12.0. The van der Waals surface area contributed by atoms with Gasteiger partial charge in [0, 0.05) is 29.0 Å². The quantitative estimate of drug-likeness (QED) is 0.127. The van der Waals surface area contributed by atoms with Crippen molar-refractivity contribution in [2.75, 3.05) is 11.9 Å². The van der Waals surface area contributed by atoms with Gasteiger partial charge in [0.05, 0.1) is 23.2 Å². The van der Waals surface area contributed by atoms with Crippen LogP contribution in [0.2, 0.25) is 0 Å². The maximum atomic E-state index is 13.7. The molecular formula is C31H29N3O5S. The molecule has 2 aromatic heterocycles. The van der Waals surface area contributed by atoms with E-state index in [1.165, 1.54) is 23.4 Å². The first kappa shape index (κ1) is 27.2. The summed E-state index contributed by atoms with van der Waals surface area (Å²) >= 11 is 1.37. The van der Waals surface area contributed by atoms with Gasteiger partial charge >= 0.3 is 11.7 Å². The number of anilines is 1. The van der Waals surface area contributed by atoms with Gasteiger partial charge in [-0.3, -0.25) is 14.7 Å². The third-order valence-electron chi connectivity index (χ3n) is 6.79. The van der Waals surface area contributed by atoms with Crippen LogP contribution in [-0.4, -0.2) is 22.3 Å². The zero-order valence-electron chi connectivity index (χ0n) is 22.5. The summed E-state index contributed by atoms with van der Waals surface area (Å²) in [6.45, 7) is 6.29. The lowest BCUT2D eigenvalue weighted by Crippen LogP contribution is -2.21. The highest BCUT2D eigenvalue weighted by Crippen LogP contribution is 2.29.